The Balaban J connectivity index is 2.35. The van der Waals surface area contributed by atoms with Crippen LogP contribution in [0.3, 0.4) is 0 Å². The van der Waals surface area contributed by atoms with Gasteiger partial charge in [0.1, 0.15) is 4.90 Å². The molecule has 1 aromatic carbocycles. The van der Waals surface area contributed by atoms with Crippen molar-refractivity contribution in [2.24, 2.45) is 0 Å². The van der Waals surface area contributed by atoms with E-state index in [9.17, 15) is 8.42 Å². The van der Waals surface area contributed by atoms with E-state index in [0.717, 1.165) is 5.56 Å². The van der Waals surface area contributed by atoms with E-state index in [0.29, 0.717) is 22.9 Å². The topological polar surface area (TPSA) is 64.0 Å². The third kappa shape index (κ3) is 2.81. The van der Waals surface area contributed by atoms with Crippen LogP contribution in [0.2, 0.25) is 5.02 Å². The van der Waals surface area contributed by atoms with Crippen LogP contribution < -0.4 is 4.72 Å². The first kappa shape index (κ1) is 14.9. The maximum absolute atomic E-state index is 12.3. The second-order valence-corrected chi connectivity index (χ2v) is 6.54. The smallest absolute Gasteiger partial charge is 0.265 e. The maximum Gasteiger partial charge on any atom is 0.265 e. The van der Waals surface area contributed by atoms with Gasteiger partial charge in [-0.2, -0.15) is 5.10 Å². The molecule has 0 bridgehead atoms. The van der Waals surface area contributed by atoms with Gasteiger partial charge in [0, 0.05) is 11.6 Å². The summed E-state index contributed by atoms with van der Waals surface area (Å²) in [5.74, 6) is 0. The normalized spacial score (nSPS) is 11.6. The van der Waals surface area contributed by atoms with Gasteiger partial charge < -0.3 is 0 Å². The van der Waals surface area contributed by atoms with Gasteiger partial charge in [-0.3, -0.25) is 9.40 Å². The highest BCUT2D eigenvalue weighted by Gasteiger charge is 2.20. The van der Waals surface area contributed by atoms with Gasteiger partial charge in [0.25, 0.3) is 10.0 Å². The fraction of sp³-hybridized carbons (Fsp3) is 0.308. The lowest BCUT2D eigenvalue weighted by molar-refractivity contribution is 0.598. The number of rotatable bonds is 4. The van der Waals surface area contributed by atoms with Crippen molar-refractivity contribution in [2.75, 3.05) is 4.72 Å². The molecular formula is C13H16ClN3O2S. The highest BCUT2D eigenvalue weighted by Crippen LogP contribution is 2.23. The molecule has 0 fully saturated rings. The molecule has 0 atom stereocenters. The number of aryl methyl sites for hydroxylation is 2. The monoisotopic (exact) mass is 313 g/mol. The second kappa shape index (κ2) is 5.46. The van der Waals surface area contributed by atoms with Gasteiger partial charge in [0.2, 0.25) is 0 Å². The van der Waals surface area contributed by atoms with Gasteiger partial charge in [-0.1, -0.05) is 17.7 Å². The van der Waals surface area contributed by atoms with Crippen molar-refractivity contribution < 1.29 is 8.42 Å². The average molecular weight is 314 g/mol. The Morgan fingerprint density at radius 2 is 2.05 bits per heavy atom. The minimum absolute atomic E-state index is 0.177. The summed E-state index contributed by atoms with van der Waals surface area (Å²) in [5.41, 5.74) is 1.94. The maximum atomic E-state index is 12.3. The van der Waals surface area contributed by atoms with E-state index in [1.165, 1.54) is 6.20 Å². The first-order valence-electron chi connectivity index (χ1n) is 6.16. The van der Waals surface area contributed by atoms with E-state index < -0.39 is 10.0 Å². The molecular weight excluding hydrogens is 298 g/mol. The fourth-order valence-electron chi connectivity index (χ4n) is 1.88. The summed E-state index contributed by atoms with van der Waals surface area (Å²) < 4.78 is 28.8. The van der Waals surface area contributed by atoms with Crippen LogP contribution in [-0.2, 0) is 16.6 Å². The molecule has 0 spiro atoms. The zero-order chi connectivity index (χ0) is 14.9. The largest absolute Gasteiger partial charge is 0.279 e. The molecule has 0 saturated carbocycles. The summed E-state index contributed by atoms with van der Waals surface area (Å²) in [4.78, 5) is 0.177. The number of hydrogen-bond acceptors (Lipinski definition) is 3. The predicted octanol–water partition coefficient (Wildman–Crippen LogP) is 2.97. The van der Waals surface area contributed by atoms with Crippen molar-refractivity contribution >= 4 is 27.3 Å². The average Bonchev–Trinajstić information content (AvgIpc) is 2.75. The zero-order valence-electron chi connectivity index (χ0n) is 11.5. The molecule has 7 heteroatoms. The van der Waals surface area contributed by atoms with Gasteiger partial charge >= 0.3 is 0 Å². The Kier molecular flexibility index (Phi) is 4.06. The Morgan fingerprint density at radius 1 is 1.35 bits per heavy atom. The molecule has 0 saturated heterocycles. The van der Waals surface area contributed by atoms with Crippen LogP contribution in [0.15, 0.2) is 29.3 Å². The molecule has 0 radical (unpaired) electrons. The van der Waals surface area contributed by atoms with Crippen LogP contribution in [0.1, 0.15) is 18.2 Å². The van der Waals surface area contributed by atoms with Crippen LogP contribution in [0.5, 0.6) is 0 Å². The third-order valence-corrected chi connectivity index (χ3v) is 4.96. The minimum Gasteiger partial charge on any atom is -0.279 e. The Labute approximate surface area is 123 Å². The first-order valence-corrected chi connectivity index (χ1v) is 8.02. The third-order valence-electron chi connectivity index (χ3n) is 3.07. The SMILES string of the molecule is CCn1ncc(S(=O)(=O)Nc2ccc(C)c(Cl)c2)c1C. The Morgan fingerprint density at radius 3 is 2.60 bits per heavy atom. The lowest BCUT2D eigenvalue weighted by Crippen LogP contribution is -2.14. The number of nitrogens with zero attached hydrogens (tertiary/aromatic N) is 2. The molecule has 2 rings (SSSR count). The van der Waals surface area contributed by atoms with Gasteiger partial charge in [0.05, 0.1) is 17.6 Å². The highest BCUT2D eigenvalue weighted by molar-refractivity contribution is 7.92. The van der Waals surface area contributed by atoms with E-state index >= 15 is 0 Å². The molecule has 0 aliphatic heterocycles. The molecule has 2 aromatic rings. The standard InChI is InChI=1S/C13H16ClN3O2S/c1-4-17-10(3)13(8-15-17)20(18,19)16-11-6-5-9(2)12(14)7-11/h5-8,16H,4H2,1-3H3. The molecule has 20 heavy (non-hydrogen) atoms. The van der Waals surface area contributed by atoms with E-state index in [1.54, 1.807) is 29.8 Å². The van der Waals surface area contributed by atoms with E-state index in [-0.39, 0.29) is 4.90 Å². The Bertz CT molecular complexity index is 738. The lowest BCUT2D eigenvalue weighted by atomic mass is 10.2. The number of hydrogen-bond donors (Lipinski definition) is 1. The van der Waals surface area contributed by atoms with Crippen LogP contribution in [0, 0.1) is 13.8 Å². The summed E-state index contributed by atoms with van der Waals surface area (Å²) in [6.07, 6.45) is 1.36. The minimum atomic E-state index is -3.65. The van der Waals surface area contributed by atoms with Crippen molar-refractivity contribution in [3.05, 3.63) is 40.7 Å². The molecule has 1 heterocycles. The van der Waals surface area contributed by atoms with Crippen LogP contribution in [-0.4, -0.2) is 18.2 Å². The summed E-state index contributed by atoms with van der Waals surface area (Å²) >= 11 is 6.00. The lowest BCUT2D eigenvalue weighted by Gasteiger charge is -2.09. The number of benzene rings is 1. The molecule has 0 aliphatic rings. The van der Waals surface area contributed by atoms with E-state index in [2.05, 4.69) is 9.82 Å². The molecule has 5 nitrogen and oxygen atoms in total. The van der Waals surface area contributed by atoms with E-state index in [1.807, 2.05) is 13.8 Å². The molecule has 0 unspecified atom stereocenters. The quantitative estimate of drug-likeness (QED) is 0.943. The summed E-state index contributed by atoms with van der Waals surface area (Å²) in [7, 11) is -3.65. The molecule has 1 aromatic heterocycles. The number of nitrogens with one attached hydrogen (secondary N) is 1. The van der Waals surface area contributed by atoms with Gasteiger partial charge in [-0.15, -0.1) is 0 Å². The van der Waals surface area contributed by atoms with Crippen molar-refractivity contribution in [2.45, 2.75) is 32.2 Å². The predicted molar refractivity (Wildman–Crippen MR) is 79.6 cm³/mol. The number of anilines is 1. The van der Waals surface area contributed by atoms with Gasteiger partial charge in [0.15, 0.2) is 0 Å². The van der Waals surface area contributed by atoms with Gasteiger partial charge in [-0.05, 0) is 38.5 Å². The molecule has 108 valence electrons. The summed E-state index contributed by atoms with van der Waals surface area (Å²) in [6.45, 7) is 6.12. The first-order chi connectivity index (χ1) is 9.35. The molecule has 1 N–H and O–H groups in total. The molecule has 0 aliphatic carbocycles. The highest BCUT2D eigenvalue weighted by atomic mass is 35.5. The second-order valence-electron chi connectivity index (χ2n) is 4.48. The zero-order valence-corrected chi connectivity index (χ0v) is 13.1. The van der Waals surface area contributed by atoms with Crippen molar-refractivity contribution in [3.8, 4) is 0 Å². The molecule has 0 amide bonds. The van der Waals surface area contributed by atoms with Gasteiger partial charge in [-0.25, -0.2) is 8.42 Å². The number of halogens is 1. The van der Waals surface area contributed by atoms with Crippen molar-refractivity contribution in [3.63, 3.8) is 0 Å². The van der Waals surface area contributed by atoms with Crippen LogP contribution >= 0.6 is 11.6 Å². The fourth-order valence-corrected chi connectivity index (χ4v) is 3.29. The van der Waals surface area contributed by atoms with Crippen molar-refractivity contribution in [1.82, 2.24) is 9.78 Å². The van der Waals surface area contributed by atoms with Crippen molar-refractivity contribution in [1.29, 1.82) is 0 Å². The van der Waals surface area contributed by atoms with Crippen LogP contribution in [0.25, 0.3) is 0 Å². The summed E-state index contributed by atoms with van der Waals surface area (Å²) in [6, 6.07) is 5.04. The Hall–Kier alpha value is -1.53. The summed E-state index contributed by atoms with van der Waals surface area (Å²) in [5, 5.41) is 4.56. The number of sulfonamides is 1. The van der Waals surface area contributed by atoms with Crippen LogP contribution in [0.4, 0.5) is 5.69 Å². The van der Waals surface area contributed by atoms with E-state index in [4.69, 9.17) is 11.6 Å². The number of aromatic nitrogens is 2.